The Morgan fingerprint density at radius 3 is 0.791 bits per heavy atom. The average molecular weight is 632 g/mol. The molecule has 262 valence electrons. The largest absolute Gasteiger partial charge is 0.748 e. The molecule has 0 spiro atoms. The lowest BCUT2D eigenvalue weighted by molar-refractivity contribution is -0.929. The quantitative estimate of drug-likeness (QED) is 0.0411. The van der Waals surface area contributed by atoms with Crippen molar-refractivity contribution in [3.05, 3.63) is 0 Å². The second-order valence-electron chi connectivity index (χ2n) is 13.6. The zero-order valence-electron chi connectivity index (χ0n) is 30.4. The minimum atomic E-state index is -3.95. The molecule has 4 nitrogen and oxygen atoms in total. The molecule has 0 aliphatic rings. The van der Waals surface area contributed by atoms with Gasteiger partial charge in [-0.1, -0.05) is 157 Å². The fraction of sp³-hybridized carbons (Fsp3) is 1.00. The van der Waals surface area contributed by atoms with Gasteiger partial charge in [0.25, 0.3) is 0 Å². The van der Waals surface area contributed by atoms with Gasteiger partial charge in [0.2, 0.25) is 0 Å². The topological polar surface area (TPSA) is 57.2 Å². The van der Waals surface area contributed by atoms with E-state index in [1.807, 2.05) is 6.92 Å². The van der Waals surface area contributed by atoms with Crippen molar-refractivity contribution >= 4 is 10.1 Å². The molecule has 43 heavy (non-hydrogen) atoms. The van der Waals surface area contributed by atoms with Gasteiger partial charge in [0, 0.05) is 5.75 Å². The van der Waals surface area contributed by atoms with E-state index < -0.39 is 10.1 Å². The Morgan fingerprint density at radius 2 is 0.558 bits per heavy atom. The maximum absolute atomic E-state index is 10.0. The Balaban J connectivity index is 0. The molecule has 0 aliphatic carbocycles. The maximum Gasteiger partial charge on any atom is 0.0945 e. The summed E-state index contributed by atoms with van der Waals surface area (Å²) in [5.41, 5.74) is 0. The highest BCUT2D eigenvalue weighted by Gasteiger charge is 2.25. The standard InChI is InChI=1S/C32H68N.C6H14O3S/c1-5-9-13-17-21-25-29-33(30-26-22-18-14-10-6-2,31-27-23-19-15-11-7-3)32-28-24-20-16-12-8-4;1-2-3-4-5-6-10(7,8)9/h5-32H2,1-4H3;2-6H2,1H3,(H,7,8,9)/q+1;/p-1. The number of rotatable bonds is 33. The van der Waals surface area contributed by atoms with E-state index >= 15 is 0 Å². The summed E-state index contributed by atoms with van der Waals surface area (Å²) in [4.78, 5) is 0. The molecule has 0 aliphatic heterocycles. The van der Waals surface area contributed by atoms with Gasteiger partial charge in [-0.15, -0.1) is 0 Å². The van der Waals surface area contributed by atoms with E-state index in [-0.39, 0.29) is 5.75 Å². The van der Waals surface area contributed by atoms with Crippen LogP contribution in [0, 0.1) is 0 Å². The third-order valence-electron chi connectivity index (χ3n) is 9.19. The average Bonchev–Trinajstić information content (AvgIpc) is 2.98. The lowest BCUT2D eigenvalue weighted by Crippen LogP contribution is -2.50. The van der Waals surface area contributed by atoms with Gasteiger partial charge >= 0.3 is 0 Å². The van der Waals surface area contributed by atoms with Crippen molar-refractivity contribution in [3.63, 3.8) is 0 Å². The molecule has 0 radical (unpaired) electrons. The van der Waals surface area contributed by atoms with Crippen molar-refractivity contribution in [3.8, 4) is 0 Å². The van der Waals surface area contributed by atoms with E-state index in [0.29, 0.717) is 6.42 Å². The first-order valence-electron chi connectivity index (χ1n) is 19.6. The van der Waals surface area contributed by atoms with Gasteiger partial charge in [-0.05, 0) is 57.8 Å². The summed E-state index contributed by atoms with van der Waals surface area (Å²) in [6.07, 6.45) is 38.2. The Morgan fingerprint density at radius 1 is 0.349 bits per heavy atom. The van der Waals surface area contributed by atoms with Crippen LogP contribution in [0.15, 0.2) is 0 Å². The zero-order valence-corrected chi connectivity index (χ0v) is 31.2. The molecule has 0 heterocycles. The summed E-state index contributed by atoms with van der Waals surface area (Å²) >= 11 is 0. The fourth-order valence-electron chi connectivity index (χ4n) is 6.29. The minimum absolute atomic E-state index is 0.201. The van der Waals surface area contributed by atoms with Crippen molar-refractivity contribution in [2.24, 2.45) is 0 Å². The summed E-state index contributed by atoms with van der Waals surface area (Å²) in [7, 11) is -3.95. The summed E-state index contributed by atoms with van der Waals surface area (Å²) < 4.78 is 31.6. The SMILES string of the molecule is CCCCCCCC[N+](CCCCCCCC)(CCCCCCCC)CCCCCCCC.CCCCCCS(=O)(=O)[O-]. The summed E-state index contributed by atoms with van der Waals surface area (Å²) in [6.45, 7) is 17.3. The van der Waals surface area contributed by atoms with E-state index in [4.69, 9.17) is 0 Å². The number of unbranched alkanes of at least 4 members (excludes halogenated alkanes) is 23. The van der Waals surface area contributed by atoms with Gasteiger partial charge in [-0.2, -0.15) is 0 Å². The van der Waals surface area contributed by atoms with Crippen molar-refractivity contribution in [2.45, 2.75) is 214 Å². The third kappa shape index (κ3) is 36.2. The first-order valence-corrected chi connectivity index (χ1v) is 21.2. The lowest BCUT2D eigenvalue weighted by Gasteiger charge is -2.40. The van der Waals surface area contributed by atoms with Crippen LogP contribution in [-0.4, -0.2) is 49.4 Å². The predicted molar refractivity (Wildman–Crippen MR) is 192 cm³/mol. The predicted octanol–water partition coefficient (Wildman–Crippen LogP) is 12.4. The number of quaternary nitrogens is 1. The molecule has 0 aromatic carbocycles. The van der Waals surface area contributed by atoms with Crippen LogP contribution in [0.4, 0.5) is 0 Å². The molecule has 0 unspecified atom stereocenters. The van der Waals surface area contributed by atoms with E-state index in [2.05, 4.69) is 27.7 Å². The fourth-order valence-corrected chi connectivity index (χ4v) is 6.84. The third-order valence-corrected chi connectivity index (χ3v) is 9.98. The molecule has 0 atom stereocenters. The van der Waals surface area contributed by atoms with Crippen molar-refractivity contribution < 1.29 is 17.5 Å². The van der Waals surface area contributed by atoms with Crippen LogP contribution >= 0.6 is 0 Å². The van der Waals surface area contributed by atoms with Crippen LogP contribution in [0.25, 0.3) is 0 Å². The van der Waals surface area contributed by atoms with Gasteiger partial charge < -0.3 is 9.04 Å². The Bertz CT molecular complexity index is 553. The molecule has 0 bridgehead atoms. The van der Waals surface area contributed by atoms with Crippen LogP contribution in [-0.2, 0) is 10.1 Å². The van der Waals surface area contributed by atoms with E-state index in [0.717, 1.165) is 19.3 Å². The summed E-state index contributed by atoms with van der Waals surface area (Å²) in [5.74, 6) is -0.201. The summed E-state index contributed by atoms with van der Waals surface area (Å²) in [5, 5.41) is 0. The molecule has 0 aromatic rings. The molecule has 0 saturated carbocycles. The van der Waals surface area contributed by atoms with E-state index in [9.17, 15) is 13.0 Å². The number of hydrogen-bond acceptors (Lipinski definition) is 3. The van der Waals surface area contributed by atoms with Crippen LogP contribution in [0.5, 0.6) is 0 Å². The van der Waals surface area contributed by atoms with Crippen LogP contribution in [0.3, 0.4) is 0 Å². The molecule has 0 N–H and O–H groups in total. The summed E-state index contributed by atoms with van der Waals surface area (Å²) in [6, 6.07) is 0. The second kappa shape index (κ2) is 34.7. The monoisotopic (exact) mass is 632 g/mol. The molecule has 0 rings (SSSR count). The zero-order chi connectivity index (χ0) is 32.3. The van der Waals surface area contributed by atoms with Gasteiger partial charge in [0.05, 0.1) is 36.3 Å². The van der Waals surface area contributed by atoms with Crippen molar-refractivity contribution in [1.82, 2.24) is 0 Å². The Hall–Kier alpha value is -0.130. The van der Waals surface area contributed by atoms with Crippen molar-refractivity contribution in [2.75, 3.05) is 31.9 Å². The first kappa shape index (κ1) is 45.0. The number of hydrogen-bond donors (Lipinski definition) is 0. The Kier molecular flexibility index (Phi) is 36.3. The molecule has 0 amide bonds. The molecule has 0 fully saturated rings. The van der Waals surface area contributed by atoms with E-state index in [1.54, 1.807) is 0 Å². The second-order valence-corrected chi connectivity index (χ2v) is 15.2. The molecular formula is C38H81NO3S. The maximum atomic E-state index is 10.0. The van der Waals surface area contributed by atoms with Gasteiger partial charge in [-0.25, -0.2) is 8.42 Å². The highest BCUT2D eigenvalue weighted by atomic mass is 32.2. The minimum Gasteiger partial charge on any atom is -0.748 e. The van der Waals surface area contributed by atoms with E-state index in [1.165, 1.54) is 185 Å². The van der Waals surface area contributed by atoms with Gasteiger partial charge in [-0.3, -0.25) is 0 Å². The molecule has 0 aromatic heterocycles. The van der Waals surface area contributed by atoms with Crippen LogP contribution in [0.1, 0.15) is 214 Å². The van der Waals surface area contributed by atoms with Gasteiger partial charge in [0.15, 0.2) is 0 Å². The van der Waals surface area contributed by atoms with Crippen LogP contribution in [0.2, 0.25) is 0 Å². The first-order chi connectivity index (χ1) is 20.8. The molecule has 0 saturated heterocycles. The smallest absolute Gasteiger partial charge is 0.0945 e. The van der Waals surface area contributed by atoms with Crippen molar-refractivity contribution in [1.29, 1.82) is 0 Å². The van der Waals surface area contributed by atoms with Crippen LogP contribution < -0.4 is 0 Å². The highest BCUT2D eigenvalue weighted by molar-refractivity contribution is 7.85. The normalized spacial score (nSPS) is 12.0. The van der Waals surface area contributed by atoms with Gasteiger partial charge in [0.1, 0.15) is 0 Å². The highest BCUT2D eigenvalue weighted by Crippen LogP contribution is 2.20. The molecule has 5 heteroatoms. The number of nitrogens with zero attached hydrogens (tertiary/aromatic N) is 1. The lowest BCUT2D eigenvalue weighted by atomic mass is 10.0. The Labute approximate surface area is 273 Å². The molecular weight excluding hydrogens is 550 g/mol.